The molecule has 1 rings (SSSR count). The summed E-state index contributed by atoms with van der Waals surface area (Å²) in [7, 11) is 0. The summed E-state index contributed by atoms with van der Waals surface area (Å²) in [5.74, 6) is -1.22. The molecule has 422 valence electrons. The molecule has 0 bridgehead atoms. The van der Waals surface area contributed by atoms with Gasteiger partial charge in [-0.25, -0.2) is 0 Å². The summed E-state index contributed by atoms with van der Waals surface area (Å²) in [6.07, 6.45) is 52.4. The van der Waals surface area contributed by atoms with Crippen LogP contribution in [0.5, 0.6) is 0 Å². The predicted molar refractivity (Wildman–Crippen MR) is 301 cm³/mol. The van der Waals surface area contributed by atoms with Crippen molar-refractivity contribution in [2.75, 3.05) is 13.2 Å². The number of unbranched alkanes of at least 4 members (excludes halogenated alkanes) is 27. The third kappa shape index (κ3) is 38.3. The number of aliphatic hydroxyl groups is 5. The molecule has 0 radical (unpaired) electrons. The molecule has 1 heterocycles. The summed E-state index contributed by atoms with van der Waals surface area (Å²) in [5.41, 5.74) is 0. The van der Waals surface area contributed by atoms with Gasteiger partial charge in [0.25, 0.3) is 0 Å². The first-order chi connectivity index (χ1) is 35.7. The fourth-order valence-corrected chi connectivity index (χ4v) is 8.92. The van der Waals surface area contributed by atoms with Gasteiger partial charge >= 0.3 is 5.97 Å². The van der Waals surface area contributed by atoms with Crippen molar-refractivity contribution in [1.82, 2.24) is 5.32 Å². The third-order valence-electron chi connectivity index (χ3n) is 13.7. The molecule has 0 aromatic carbocycles. The number of ether oxygens (including phenoxy) is 3. The number of carbonyl (C=O) groups excluding carboxylic acids is 2. The van der Waals surface area contributed by atoms with Crippen LogP contribution in [0.1, 0.15) is 245 Å². The van der Waals surface area contributed by atoms with E-state index in [1.165, 1.54) is 122 Å². The van der Waals surface area contributed by atoms with Gasteiger partial charge in [0.1, 0.15) is 24.4 Å². The Balaban J connectivity index is 2.66. The van der Waals surface area contributed by atoms with Gasteiger partial charge in [-0.15, -0.1) is 0 Å². The van der Waals surface area contributed by atoms with E-state index in [4.69, 9.17) is 14.2 Å². The van der Waals surface area contributed by atoms with E-state index in [2.05, 4.69) is 62.5 Å². The van der Waals surface area contributed by atoms with Crippen molar-refractivity contribution in [3.63, 3.8) is 0 Å². The van der Waals surface area contributed by atoms with Gasteiger partial charge in [0.15, 0.2) is 12.4 Å². The smallest absolute Gasteiger partial charge is 0.306 e. The number of aliphatic hydroxyl groups excluding tert-OH is 5. The normalized spacial score (nSPS) is 19.9. The topological polar surface area (TPSA) is 175 Å². The molecule has 73 heavy (non-hydrogen) atoms. The fourth-order valence-electron chi connectivity index (χ4n) is 8.92. The van der Waals surface area contributed by atoms with Crippen LogP contribution >= 0.6 is 0 Å². The molecule has 8 atom stereocenters. The summed E-state index contributed by atoms with van der Waals surface area (Å²) in [5, 5.41) is 56.8. The minimum absolute atomic E-state index is 0.116. The molecule has 1 aliphatic heterocycles. The maximum atomic E-state index is 13.3. The number of nitrogens with one attached hydrogen (secondary N) is 1. The highest BCUT2D eigenvalue weighted by Gasteiger charge is 2.47. The van der Waals surface area contributed by atoms with E-state index in [1.54, 1.807) is 6.08 Å². The van der Waals surface area contributed by atoms with E-state index < -0.39 is 67.4 Å². The van der Waals surface area contributed by atoms with Crippen LogP contribution in [0.3, 0.4) is 0 Å². The zero-order chi connectivity index (χ0) is 53.3. The first kappa shape index (κ1) is 68.1. The lowest BCUT2D eigenvalue weighted by Gasteiger charge is -2.41. The molecule has 0 saturated carbocycles. The summed E-state index contributed by atoms with van der Waals surface area (Å²) in [6, 6.07) is -1.04. The second-order valence-corrected chi connectivity index (χ2v) is 20.4. The molecular formula is C62H109NO10. The van der Waals surface area contributed by atoms with Crippen LogP contribution in [0.25, 0.3) is 0 Å². The molecule has 0 aliphatic carbocycles. The minimum atomic E-state index is -1.62. The number of hydrogen-bond donors (Lipinski definition) is 6. The van der Waals surface area contributed by atoms with Crippen LogP contribution in [0.4, 0.5) is 0 Å². The first-order valence-electron chi connectivity index (χ1n) is 29.7. The fraction of sp³-hybridized carbons (Fsp3) is 0.774. The Bertz CT molecular complexity index is 1460. The molecule has 11 heteroatoms. The van der Waals surface area contributed by atoms with Crippen molar-refractivity contribution in [3.05, 3.63) is 72.9 Å². The maximum Gasteiger partial charge on any atom is 0.306 e. The molecule has 1 amide bonds. The van der Waals surface area contributed by atoms with Gasteiger partial charge in [0.2, 0.25) is 5.91 Å². The number of esters is 1. The summed E-state index contributed by atoms with van der Waals surface area (Å²) < 4.78 is 17.6. The molecule has 1 fully saturated rings. The number of allylic oxidation sites excluding steroid dienone is 11. The SMILES string of the molecule is CC/C=C/C=C/C=C\CCCCCCC(O)C(=O)NC(COC1OC(CO)C(O)C(O)C1OC(=O)CCCCCCCCCCCCC/C=C\C/C=C\CCCCC)C(O)/C=C/CCCCCCCCCCC. The molecule has 6 N–H and O–H groups in total. The zero-order valence-electron chi connectivity index (χ0n) is 46.5. The number of amides is 1. The van der Waals surface area contributed by atoms with Crippen molar-refractivity contribution >= 4 is 11.9 Å². The standard InChI is InChI=1S/C62H109NO10/c1-4-7-10-13-16-19-22-24-25-26-27-28-29-30-31-32-35-38-41-44-47-50-57(67)73-60-59(69)58(68)56(51-64)72-62(60)71-52-53(54(65)48-45-42-39-36-33-21-18-15-12-9-6-3)63-61(70)55(66)49-46-43-40-37-34-23-20-17-14-11-8-5-2/h8,11,14,16-17,19-20,23-25,45,48,53-56,58-60,62,64-66,68-69H,4-7,9-10,12-13,15,18,21-22,26-44,46-47,49-52H2,1-3H3,(H,63,70)/b11-8+,17-14+,19-16-,23-20-,25-24-,48-45+. The van der Waals surface area contributed by atoms with Crippen LogP contribution in [0.2, 0.25) is 0 Å². The highest BCUT2D eigenvalue weighted by Crippen LogP contribution is 2.26. The van der Waals surface area contributed by atoms with Gasteiger partial charge < -0.3 is 45.1 Å². The summed E-state index contributed by atoms with van der Waals surface area (Å²) in [6.45, 7) is 5.60. The van der Waals surface area contributed by atoms with Crippen LogP contribution in [-0.4, -0.2) is 99.6 Å². The van der Waals surface area contributed by atoms with Crippen LogP contribution in [0, 0.1) is 0 Å². The molecule has 1 aliphatic rings. The van der Waals surface area contributed by atoms with E-state index in [0.29, 0.717) is 12.8 Å². The molecule has 0 aromatic rings. The van der Waals surface area contributed by atoms with Gasteiger partial charge in [-0.05, 0) is 77.0 Å². The molecular weight excluding hydrogens is 919 g/mol. The van der Waals surface area contributed by atoms with Gasteiger partial charge in [-0.1, -0.05) is 235 Å². The number of hydrogen-bond acceptors (Lipinski definition) is 10. The summed E-state index contributed by atoms with van der Waals surface area (Å²) in [4.78, 5) is 26.5. The third-order valence-corrected chi connectivity index (χ3v) is 13.7. The Morgan fingerprint density at radius 3 is 1.60 bits per heavy atom. The monoisotopic (exact) mass is 1030 g/mol. The highest BCUT2D eigenvalue weighted by atomic mass is 16.7. The Labute approximate surface area is 445 Å². The van der Waals surface area contributed by atoms with Gasteiger partial charge in [0, 0.05) is 6.42 Å². The van der Waals surface area contributed by atoms with Gasteiger partial charge in [0.05, 0.1) is 25.4 Å². The van der Waals surface area contributed by atoms with Crippen LogP contribution in [-0.2, 0) is 23.8 Å². The minimum Gasteiger partial charge on any atom is -0.454 e. The van der Waals surface area contributed by atoms with Crippen LogP contribution < -0.4 is 5.32 Å². The van der Waals surface area contributed by atoms with Crippen molar-refractivity contribution in [3.8, 4) is 0 Å². The average molecular weight is 1030 g/mol. The first-order valence-corrected chi connectivity index (χ1v) is 29.7. The lowest BCUT2D eigenvalue weighted by atomic mass is 9.99. The second kappa shape index (κ2) is 49.9. The maximum absolute atomic E-state index is 13.3. The van der Waals surface area contributed by atoms with Gasteiger partial charge in [-0.3, -0.25) is 9.59 Å². The van der Waals surface area contributed by atoms with Crippen LogP contribution in [0.15, 0.2) is 72.9 Å². The largest absolute Gasteiger partial charge is 0.454 e. The van der Waals surface area contributed by atoms with E-state index in [-0.39, 0.29) is 19.4 Å². The molecule has 0 spiro atoms. The lowest BCUT2D eigenvalue weighted by Crippen LogP contribution is -2.61. The predicted octanol–water partition coefficient (Wildman–Crippen LogP) is 13.6. The second-order valence-electron chi connectivity index (χ2n) is 20.4. The molecule has 0 aromatic heterocycles. The van der Waals surface area contributed by atoms with E-state index >= 15 is 0 Å². The number of rotatable bonds is 49. The van der Waals surface area contributed by atoms with Crippen molar-refractivity contribution in [2.45, 2.75) is 294 Å². The van der Waals surface area contributed by atoms with Crippen molar-refractivity contribution < 1.29 is 49.3 Å². The Morgan fingerprint density at radius 1 is 0.562 bits per heavy atom. The van der Waals surface area contributed by atoms with E-state index in [9.17, 15) is 35.1 Å². The van der Waals surface area contributed by atoms with Gasteiger partial charge in [-0.2, -0.15) is 0 Å². The quantitative estimate of drug-likeness (QED) is 0.0149. The van der Waals surface area contributed by atoms with E-state index in [1.807, 2.05) is 30.4 Å². The molecule has 1 saturated heterocycles. The lowest BCUT2D eigenvalue weighted by molar-refractivity contribution is -0.305. The Morgan fingerprint density at radius 2 is 1.04 bits per heavy atom. The summed E-state index contributed by atoms with van der Waals surface area (Å²) >= 11 is 0. The Hall–Kier alpha value is -2.90. The molecule has 11 nitrogen and oxygen atoms in total. The average Bonchev–Trinajstić information content (AvgIpc) is 3.39. The zero-order valence-corrected chi connectivity index (χ0v) is 46.5. The van der Waals surface area contributed by atoms with E-state index in [0.717, 1.165) is 77.0 Å². The van der Waals surface area contributed by atoms with Crippen molar-refractivity contribution in [1.29, 1.82) is 0 Å². The highest BCUT2D eigenvalue weighted by molar-refractivity contribution is 5.80. The van der Waals surface area contributed by atoms with Crippen molar-refractivity contribution in [2.24, 2.45) is 0 Å². The number of carbonyl (C=O) groups is 2. The molecule has 8 unspecified atom stereocenters. The Kier molecular flexibility index (Phi) is 46.6.